The number of hydrogen-bond acceptors (Lipinski definition) is 6. The highest BCUT2D eigenvalue weighted by Gasteiger charge is 2.24. The largest absolute Gasteiger partial charge is 0.505 e. The van der Waals surface area contributed by atoms with Crippen LogP contribution >= 0.6 is 11.6 Å². The number of ether oxygens (including phenoxy) is 1. The van der Waals surface area contributed by atoms with Gasteiger partial charge in [-0.25, -0.2) is 4.79 Å². The molecule has 1 N–H and O–H groups in total. The Morgan fingerprint density at radius 2 is 1.64 bits per heavy atom. The quantitative estimate of drug-likeness (QED) is 0.282. The van der Waals surface area contributed by atoms with Crippen LogP contribution in [0.1, 0.15) is 11.1 Å². The zero-order valence-electron chi connectivity index (χ0n) is 13.6. The van der Waals surface area contributed by atoms with Crippen molar-refractivity contribution in [3.63, 3.8) is 0 Å². The van der Waals surface area contributed by atoms with Crippen molar-refractivity contribution >= 4 is 34.8 Å². The van der Waals surface area contributed by atoms with Crippen molar-refractivity contribution < 1.29 is 19.4 Å². The Kier molecular flexibility index (Phi) is 6.03. The molecular formula is C18H15ClN2O4. The lowest BCUT2D eigenvalue weighted by Crippen LogP contribution is -2.18. The first-order valence-electron chi connectivity index (χ1n) is 7.22. The molecular weight excluding hydrogens is 344 g/mol. The maximum Gasteiger partial charge on any atom is 0.381 e. The van der Waals surface area contributed by atoms with Crippen molar-refractivity contribution in [2.75, 3.05) is 7.11 Å². The van der Waals surface area contributed by atoms with Crippen molar-refractivity contribution in [3.8, 4) is 0 Å². The SMILES string of the molecule is COC(=O)C(=O)C(N=Nc1ccc(Cl)cc1)=C(O)c1ccc(C)cc1. The second-order valence-corrected chi connectivity index (χ2v) is 5.50. The van der Waals surface area contributed by atoms with Gasteiger partial charge in [-0.2, -0.15) is 5.11 Å². The van der Waals surface area contributed by atoms with Crippen molar-refractivity contribution in [2.45, 2.75) is 6.92 Å². The number of aliphatic hydroxyl groups excluding tert-OH is 1. The normalized spacial score (nSPS) is 12.0. The number of halogens is 1. The van der Waals surface area contributed by atoms with Gasteiger partial charge in [0.2, 0.25) is 0 Å². The number of aliphatic hydroxyl groups is 1. The van der Waals surface area contributed by atoms with Crippen LogP contribution in [0.15, 0.2) is 64.5 Å². The van der Waals surface area contributed by atoms with Crippen LogP contribution in [0.2, 0.25) is 5.02 Å². The predicted octanol–water partition coefficient (Wildman–Crippen LogP) is 4.40. The molecule has 2 rings (SSSR count). The molecule has 0 saturated heterocycles. The minimum absolute atomic E-state index is 0.327. The lowest BCUT2D eigenvalue weighted by Gasteiger charge is -2.05. The van der Waals surface area contributed by atoms with Crippen LogP contribution in [-0.2, 0) is 14.3 Å². The fourth-order valence-corrected chi connectivity index (χ4v) is 1.98. The van der Waals surface area contributed by atoms with E-state index in [1.807, 2.05) is 6.92 Å². The molecule has 128 valence electrons. The van der Waals surface area contributed by atoms with E-state index >= 15 is 0 Å². The summed E-state index contributed by atoms with van der Waals surface area (Å²) in [4.78, 5) is 23.7. The molecule has 0 bridgehead atoms. The van der Waals surface area contributed by atoms with Crippen LogP contribution in [0, 0.1) is 6.92 Å². The van der Waals surface area contributed by atoms with E-state index < -0.39 is 23.2 Å². The second-order valence-electron chi connectivity index (χ2n) is 5.06. The van der Waals surface area contributed by atoms with Gasteiger partial charge >= 0.3 is 5.97 Å². The number of hydrogen-bond donors (Lipinski definition) is 1. The predicted molar refractivity (Wildman–Crippen MR) is 93.7 cm³/mol. The summed E-state index contributed by atoms with van der Waals surface area (Å²) >= 11 is 5.79. The van der Waals surface area contributed by atoms with Gasteiger partial charge in [0.15, 0.2) is 11.5 Å². The minimum atomic E-state index is -1.15. The fourth-order valence-electron chi connectivity index (χ4n) is 1.85. The summed E-state index contributed by atoms with van der Waals surface area (Å²) in [6, 6.07) is 13.1. The number of benzene rings is 2. The highest BCUT2D eigenvalue weighted by atomic mass is 35.5. The van der Waals surface area contributed by atoms with E-state index in [-0.39, 0.29) is 0 Å². The van der Waals surface area contributed by atoms with E-state index in [0.717, 1.165) is 12.7 Å². The van der Waals surface area contributed by atoms with Gasteiger partial charge < -0.3 is 9.84 Å². The molecule has 6 nitrogen and oxygen atoms in total. The van der Waals surface area contributed by atoms with E-state index in [2.05, 4.69) is 15.0 Å². The molecule has 7 heteroatoms. The topological polar surface area (TPSA) is 88.3 Å². The zero-order chi connectivity index (χ0) is 18.4. The number of ketones is 1. The third-order valence-electron chi connectivity index (χ3n) is 3.23. The number of esters is 1. The summed E-state index contributed by atoms with van der Waals surface area (Å²) in [5, 5.41) is 18.5. The molecule has 0 aromatic heterocycles. The smallest absolute Gasteiger partial charge is 0.381 e. The van der Waals surface area contributed by atoms with Gasteiger partial charge in [0.1, 0.15) is 0 Å². The highest BCUT2D eigenvalue weighted by molar-refractivity contribution is 6.41. The van der Waals surface area contributed by atoms with Gasteiger partial charge in [0.05, 0.1) is 12.8 Å². The Labute approximate surface area is 149 Å². The van der Waals surface area contributed by atoms with Crippen LogP contribution in [-0.4, -0.2) is 24.0 Å². The van der Waals surface area contributed by atoms with Crippen LogP contribution in [0.3, 0.4) is 0 Å². The van der Waals surface area contributed by atoms with Crippen LogP contribution in [0.25, 0.3) is 5.76 Å². The summed E-state index contributed by atoms with van der Waals surface area (Å²) in [6.07, 6.45) is 0. The summed E-state index contributed by atoms with van der Waals surface area (Å²) < 4.78 is 4.41. The van der Waals surface area contributed by atoms with Crippen molar-refractivity contribution in [3.05, 3.63) is 70.4 Å². The first-order valence-corrected chi connectivity index (χ1v) is 7.60. The number of carbonyl (C=O) groups excluding carboxylic acids is 2. The molecule has 0 aliphatic carbocycles. The van der Waals surface area contributed by atoms with Gasteiger partial charge in [-0.15, -0.1) is 5.11 Å². The van der Waals surface area contributed by atoms with Gasteiger partial charge in [-0.3, -0.25) is 4.79 Å². The summed E-state index contributed by atoms with van der Waals surface area (Å²) in [5.41, 5.74) is 1.19. The number of rotatable bonds is 5. The number of methoxy groups -OCH3 is 1. The lowest BCUT2D eigenvalue weighted by molar-refractivity contribution is -0.149. The fraction of sp³-hybridized carbons (Fsp3) is 0.111. The molecule has 25 heavy (non-hydrogen) atoms. The lowest BCUT2D eigenvalue weighted by atomic mass is 10.1. The molecule has 0 radical (unpaired) electrons. The second kappa shape index (κ2) is 8.21. The molecule has 0 saturated carbocycles. The maximum absolute atomic E-state index is 12.2. The van der Waals surface area contributed by atoms with Gasteiger partial charge in [0.25, 0.3) is 5.78 Å². The molecule has 0 amide bonds. The molecule has 0 aliphatic heterocycles. The number of nitrogens with zero attached hydrogens (tertiary/aromatic N) is 2. The van der Waals surface area contributed by atoms with Crippen LogP contribution in [0.4, 0.5) is 5.69 Å². The Hall–Kier alpha value is -2.99. The highest BCUT2D eigenvalue weighted by Crippen LogP contribution is 2.22. The van der Waals surface area contributed by atoms with E-state index in [0.29, 0.717) is 16.3 Å². The Balaban J connectivity index is 2.47. The Morgan fingerprint density at radius 3 is 2.20 bits per heavy atom. The molecule has 0 atom stereocenters. The molecule has 0 spiro atoms. The van der Waals surface area contributed by atoms with Gasteiger partial charge in [-0.05, 0) is 31.2 Å². The van der Waals surface area contributed by atoms with Crippen molar-refractivity contribution in [2.24, 2.45) is 10.2 Å². The maximum atomic E-state index is 12.2. The standard InChI is InChI=1S/C18H15ClN2O4/c1-11-3-5-12(6-4-11)16(22)15(17(23)18(24)25-2)21-20-14-9-7-13(19)8-10-14/h3-10,22H,1-2H3. The summed E-state index contributed by atoms with van der Waals surface area (Å²) in [5.74, 6) is -2.71. The molecule has 0 heterocycles. The molecule has 0 aliphatic rings. The third kappa shape index (κ3) is 4.74. The monoisotopic (exact) mass is 358 g/mol. The number of carbonyl (C=O) groups is 2. The number of Topliss-reactive ketones (excluding diaryl/α,β-unsaturated/α-hetero) is 1. The van der Waals surface area contributed by atoms with Gasteiger partial charge in [0, 0.05) is 10.6 Å². The third-order valence-corrected chi connectivity index (χ3v) is 3.48. The van der Waals surface area contributed by atoms with Crippen molar-refractivity contribution in [1.29, 1.82) is 0 Å². The molecule has 2 aromatic rings. The number of aryl methyl sites for hydroxylation is 1. The number of azo groups is 1. The van der Waals surface area contributed by atoms with Crippen molar-refractivity contribution in [1.82, 2.24) is 0 Å². The molecule has 0 unspecified atom stereocenters. The Bertz CT molecular complexity index is 840. The average Bonchev–Trinajstić information content (AvgIpc) is 2.62. The van der Waals surface area contributed by atoms with E-state index in [1.165, 1.54) is 0 Å². The van der Waals surface area contributed by atoms with Crippen LogP contribution in [0.5, 0.6) is 0 Å². The van der Waals surface area contributed by atoms with E-state index in [9.17, 15) is 14.7 Å². The first-order chi connectivity index (χ1) is 11.9. The zero-order valence-corrected chi connectivity index (χ0v) is 14.3. The van der Waals surface area contributed by atoms with Crippen LogP contribution < -0.4 is 0 Å². The summed E-state index contributed by atoms with van der Waals surface area (Å²) in [6.45, 7) is 1.88. The molecule has 2 aromatic carbocycles. The van der Waals surface area contributed by atoms with E-state index in [1.54, 1.807) is 48.5 Å². The van der Waals surface area contributed by atoms with Gasteiger partial charge in [-0.1, -0.05) is 41.4 Å². The first kappa shape index (κ1) is 18.4. The average molecular weight is 359 g/mol. The summed E-state index contributed by atoms with van der Waals surface area (Å²) in [7, 11) is 1.07. The molecule has 0 fully saturated rings. The minimum Gasteiger partial charge on any atom is -0.505 e. The Morgan fingerprint density at radius 1 is 1.04 bits per heavy atom. The van der Waals surface area contributed by atoms with E-state index in [4.69, 9.17) is 11.6 Å².